The second kappa shape index (κ2) is 9.37. The third-order valence-corrected chi connectivity index (χ3v) is 4.73. The predicted octanol–water partition coefficient (Wildman–Crippen LogP) is 4.60. The molecule has 0 unspecified atom stereocenters. The van der Waals surface area contributed by atoms with Crippen LogP contribution in [0.5, 0.6) is 5.75 Å². The van der Waals surface area contributed by atoms with E-state index in [0.717, 1.165) is 22.0 Å². The summed E-state index contributed by atoms with van der Waals surface area (Å²) in [5.41, 5.74) is 2.50. The van der Waals surface area contributed by atoms with Crippen LogP contribution in [0.3, 0.4) is 0 Å². The van der Waals surface area contributed by atoms with E-state index < -0.39 is 12.6 Å². The van der Waals surface area contributed by atoms with Gasteiger partial charge in [-0.2, -0.15) is 0 Å². The van der Waals surface area contributed by atoms with Crippen LogP contribution in [0.4, 0.5) is 0 Å². The van der Waals surface area contributed by atoms with Gasteiger partial charge in [0.1, 0.15) is 12.4 Å². The van der Waals surface area contributed by atoms with Crippen molar-refractivity contribution in [3.8, 4) is 18.1 Å². The molecule has 1 aromatic heterocycles. The number of rotatable bonds is 8. The quantitative estimate of drug-likeness (QED) is 0.322. The lowest BCUT2D eigenvalue weighted by atomic mass is 10.2. The van der Waals surface area contributed by atoms with Crippen molar-refractivity contribution in [1.29, 1.82) is 0 Å². The Morgan fingerprint density at radius 3 is 2.79 bits per heavy atom. The van der Waals surface area contributed by atoms with E-state index >= 15 is 0 Å². The molecule has 1 N–H and O–H groups in total. The molecule has 148 valence electrons. The molecular formula is C21H16Cl2N2O4. The Morgan fingerprint density at radius 1 is 1.24 bits per heavy atom. The van der Waals surface area contributed by atoms with Crippen molar-refractivity contribution < 1.29 is 19.5 Å². The van der Waals surface area contributed by atoms with Gasteiger partial charge in [0.05, 0.1) is 22.8 Å². The van der Waals surface area contributed by atoms with Gasteiger partial charge in [-0.1, -0.05) is 40.3 Å². The molecule has 0 atom stereocenters. The van der Waals surface area contributed by atoms with Crippen LogP contribution in [0.1, 0.15) is 11.1 Å². The summed E-state index contributed by atoms with van der Waals surface area (Å²) in [5.74, 6) is 2.14. The molecule has 0 amide bonds. The van der Waals surface area contributed by atoms with Gasteiger partial charge >= 0.3 is 5.97 Å². The highest BCUT2D eigenvalue weighted by Gasteiger charge is 2.09. The number of ether oxygens (including phenoxy) is 1. The second-order valence-electron chi connectivity index (χ2n) is 6.03. The van der Waals surface area contributed by atoms with E-state index in [-0.39, 0.29) is 0 Å². The molecule has 0 fully saturated rings. The van der Waals surface area contributed by atoms with Gasteiger partial charge in [-0.15, -0.1) is 6.42 Å². The molecule has 6 nitrogen and oxygen atoms in total. The fraction of sp³-hybridized carbons (Fsp3) is 0.143. The number of halogens is 2. The minimum atomic E-state index is -1.10. The van der Waals surface area contributed by atoms with Crippen molar-refractivity contribution in [2.45, 2.75) is 13.2 Å². The summed E-state index contributed by atoms with van der Waals surface area (Å²) in [4.78, 5) is 15.3. The number of hydrogen-bond acceptors (Lipinski definition) is 4. The normalized spacial score (nSPS) is 10.9. The van der Waals surface area contributed by atoms with Crippen molar-refractivity contribution in [2.24, 2.45) is 5.16 Å². The molecule has 1 heterocycles. The smallest absolute Gasteiger partial charge is 0.344 e. The summed E-state index contributed by atoms with van der Waals surface area (Å²) in [7, 11) is 0. The number of aliphatic carboxylic acids is 1. The molecule has 2 aromatic carbocycles. The third-order valence-electron chi connectivity index (χ3n) is 3.99. The Morgan fingerprint density at radius 2 is 2.07 bits per heavy atom. The van der Waals surface area contributed by atoms with E-state index in [2.05, 4.69) is 11.1 Å². The average molecular weight is 431 g/mol. The number of hydrogen-bond donors (Lipinski definition) is 1. The van der Waals surface area contributed by atoms with Gasteiger partial charge in [0, 0.05) is 22.7 Å². The van der Waals surface area contributed by atoms with Crippen LogP contribution < -0.4 is 4.74 Å². The number of aromatic nitrogens is 1. The summed E-state index contributed by atoms with van der Waals surface area (Å²) in [6.45, 7) is 0.180. The van der Waals surface area contributed by atoms with E-state index in [1.165, 1.54) is 6.21 Å². The summed E-state index contributed by atoms with van der Waals surface area (Å²) in [6, 6.07) is 10.9. The minimum Gasteiger partial charge on any atom is -0.489 e. The van der Waals surface area contributed by atoms with Crippen LogP contribution in [0.2, 0.25) is 10.0 Å². The fourth-order valence-corrected chi connectivity index (χ4v) is 3.03. The first-order valence-corrected chi connectivity index (χ1v) is 9.23. The van der Waals surface area contributed by atoms with E-state index in [4.69, 9.17) is 44.3 Å². The van der Waals surface area contributed by atoms with Crippen molar-refractivity contribution in [3.05, 3.63) is 63.8 Å². The highest BCUT2D eigenvalue weighted by atomic mass is 35.5. The highest BCUT2D eigenvalue weighted by molar-refractivity contribution is 6.42. The number of carbonyl (C=O) groups is 1. The number of carboxylic acids is 1. The van der Waals surface area contributed by atoms with E-state index in [0.29, 0.717) is 28.9 Å². The van der Waals surface area contributed by atoms with Crippen LogP contribution in [0, 0.1) is 12.3 Å². The topological polar surface area (TPSA) is 73.1 Å². The van der Waals surface area contributed by atoms with Gasteiger partial charge in [-0.25, -0.2) is 4.79 Å². The standard InChI is InChI=1S/C21H16Cl2N2O4/c1-2-7-25-11-15(10-24-29-13-21(26)27)17-9-16(4-6-20(17)25)28-12-14-3-5-18(22)19(23)8-14/h1,3-6,8-11H,7,12-13H2,(H,26,27)/b24-10+. The summed E-state index contributed by atoms with van der Waals surface area (Å²) in [5, 5.41) is 14.1. The minimum absolute atomic E-state index is 0.318. The van der Waals surface area contributed by atoms with Gasteiger partial charge in [0.2, 0.25) is 6.61 Å². The fourth-order valence-electron chi connectivity index (χ4n) is 2.71. The molecule has 0 radical (unpaired) electrons. The highest BCUT2D eigenvalue weighted by Crippen LogP contribution is 2.27. The zero-order valence-corrected chi connectivity index (χ0v) is 16.7. The molecule has 29 heavy (non-hydrogen) atoms. The van der Waals surface area contributed by atoms with Crippen LogP contribution >= 0.6 is 23.2 Å². The van der Waals surface area contributed by atoms with Crippen LogP contribution in [0.15, 0.2) is 47.8 Å². The average Bonchev–Trinajstić information content (AvgIpc) is 3.03. The molecule has 0 aliphatic heterocycles. The first kappa shape index (κ1) is 20.6. The maximum Gasteiger partial charge on any atom is 0.344 e. The maximum atomic E-state index is 10.5. The zero-order valence-electron chi connectivity index (χ0n) is 15.1. The molecule has 0 spiro atoms. The Labute approximate surface area is 177 Å². The van der Waals surface area contributed by atoms with Gasteiger partial charge in [0.25, 0.3) is 0 Å². The maximum absolute atomic E-state index is 10.5. The Bertz CT molecular complexity index is 1120. The lowest BCUT2D eigenvalue weighted by molar-refractivity contribution is -0.142. The first-order chi connectivity index (χ1) is 14.0. The Hall–Kier alpha value is -3.14. The predicted molar refractivity (Wildman–Crippen MR) is 113 cm³/mol. The number of benzene rings is 2. The number of carboxylic acid groups (broad SMARTS) is 1. The molecule has 3 rings (SSSR count). The largest absolute Gasteiger partial charge is 0.489 e. The molecule has 3 aromatic rings. The van der Waals surface area contributed by atoms with Gasteiger partial charge in [-0.05, 0) is 35.9 Å². The van der Waals surface area contributed by atoms with Gasteiger partial charge in [0.15, 0.2) is 0 Å². The van der Waals surface area contributed by atoms with Crippen LogP contribution in [-0.4, -0.2) is 28.5 Å². The molecule has 0 aliphatic carbocycles. The lowest BCUT2D eigenvalue weighted by Gasteiger charge is -2.08. The van der Waals surface area contributed by atoms with E-state index in [1.54, 1.807) is 12.1 Å². The molecule has 0 saturated carbocycles. The monoisotopic (exact) mass is 430 g/mol. The zero-order chi connectivity index (χ0) is 20.8. The molecular weight excluding hydrogens is 415 g/mol. The van der Waals surface area contributed by atoms with E-state index in [9.17, 15) is 4.79 Å². The van der Waals surface area contributed by atoms with Gasteiger partial charge in [-0.3, -0.25) is 0 Å². The summed E-state index contributed by atoms with van der Waals surface area (Å²) < 4.78 is 7.76. The molecule has 0 saturated heterocycles. The summed E-state index contributed by atoms with van der Waals surface area (Å²) in [6.07, 6.45) is 8.71. The van der Waals surface area contributed by atoms with Crippen molar-refractivity contribution in [2.75, 3.05) is 6.61 Å². The first-order valence-electron chi connectivity index (χ1n) is 8.48. The Balaban J connectivity index is 1.84. The number of oxime groups is 1. The lowest BCUT2D eigenvalue weighted by Crippen LogP contribution is -2.03. The van der Waals surface area contributed by atoms with Crippen LogP contribution in [0.25, 0.3) is 10.9 Å². The Kier molecular flexibility index (Phi) is 6.65. The number of nitrogens with zero attached hydrogens (tertiary/aromatic N) is 2. The van der Waals surface area contributed by atoms with Crippen LogP contribution in [-0.2, 0) is 22.8 Å². The second-order valence-corrected chi connectivity index (χ2v) is 6.85. The third kappa shape index (κ3) is 5.23. The molecule has 0 aliphatic rings. The van der Waals surface area contributed by atoms with Crippen molar-refractivity contribution in [3.63, 3.8) is 0 Å². The van der Waals surface area contributed by atoms with Crippen molar-refractivity contribution >= 4 is 46.3 Å². The number of fused-ring (bicyclic) bond motifs is 1. The SMILES string of the molecule is C#CCn1cc(/C=N/OCC(=O)O)c2cc(OCc3ccc(Cl)c(Cl)c3)ccc21. The summed E-state index contributed by atoms with van der Waals surface area (Å²) >= 11 is 12.0. The van der Waals surface area contributed by atoms with Crippen molar-refractivity contribution in [1.82, 2.24) is 4.57 Å². The molecule has 8 heteroatoms. The van der Waals surface area contributed by atoms with E-state index in [1.807, 2.05) is 35.0 Å². The van der Waals surface area contributed by atoms with Gasteiger partial charge < -0.3 is 19.2 Å². The number of terminal acetylenes is 1. The molecule has 0 bridgehead atoms.